The average Bonchev–Trinajstić information content (AvgIpc) is 2.49. The van der Waals surface area contributed by atoms with Gasteiger partial charge >= 0.3 is 6.03 Å². The van der Waals surface area contributed by atoms with E-state index in [0.717, 1.165) is 18.4 Å². The first-order valence-electron chi connectivity index (χ1n) is 8.93. The molecule has 0 bridgehead atoms. The molecule has 2 N–H and O–H groups in total. The number of carbonyl (C=O) groups excluding carboxylic acids is 1. The number of nitrogens with zero attached hydrogens (tertiary/aromatic N) is 2. The fourth-order valence-corrected chi connectivity index (χ4v) is 3.86. The minimum absolute atomic E-state index is 0.000403. The monoisotopic (exact) mass is 348 g/mol. The maximum atomic E-state index is 12.9. The zero-order valence-electron chi connectivity index (χ0n) is 16.1. The maximum Gasteiger partial charge on any atom is 0.317 e. The average molecular weight is 348 g/mol. The Morgan fingerprint density at radius 3 is 2.60 bits per heavy atom. The Bertz CT molecular complexity index is 544. The molecule has 6 nitrogen and oxygen atoms in total. The number of ether oxygens (including phenoxy) is 1. The molecule has 1 aliphatic heterocycles. The summed E-state index contributed by atoms with van der Waals surface area (Å²) < 4.78 is 5.17. The fourth-order valence-electron chi connectivity index (χ4n) is 3.86. The van der Waals surface area contributed by atoms with Crippen LogP contribution in [-0.4, -0.2) is 53.3 Å². The lowest BCUT2D eigenvalue weighted by atomic mass is 9.80. The van der Waals surface area contributed by atoms with E-state index in [4.69, 9.17) is 4.74 Å². The second-order valence-corrected chi connectivity index (χ2v) is 8.22. The van der Waals surface area contributed by atoms with Crippen LogP contribution in [-0.2, 0) is 11.3 Å². The maximum absolute atomic E-state index is 12.9. The van der Waals surface area contributed by atoms with E-state index < -0.39 is 0 Å². The van der Waals surface area contributed by atoms with Gasteiger partial charge in [0.05, 0.1) is 6.61 Å². The molecule has 0 saturated carbocycles. The van der Waals surface area contributed by atoms with Crippen molar-refractivity contribution in [3.63, 3.8) is 0 Å². The van der Waals surface area contributed by atoms with Crippen molar-refractivity contribution >= 4 is 6.03 Å². The van der Waals surface area contributed by atoms with Gasteiger partial charge in [-0.25, -0.2) is 4.79 Å². The van der Waals surface area contributed by atoms with Gasteiger partial charge in [0.15, 0.2) is 0 Å². The van der Waals surface area contributed by atoms with E-state index in [1.54, 1.807) is 24.4 Å². The van der Waals surface area contributed by atoms with Gasteiger partial charge in [0, 0.05) is 49.7 Å². The zero-order chi connectivity index (χ0) is 18.5. The smallest absolute Gasteiger partial charge is 0.317 e. The predicted octanol–water partition coefficient (Wildman–Crippen LogP) is 2.55. The van der Waals surface area contributed by atoms with Crippen LogP contribution in [0.15, 0.2) is 24.5 Å². The van der Waals surface area contributed by atoms with Gasteiger partial charge in [0.25, 0.3) is 0 Å². The van der Waals surface area contributed by atoms with Crippen molar-refractivity contribution in [2.45, 2.75) is 64.2 Å². The van der Waals surface area contributed by atoms with Crippen molar-refractivity contribution in [3.8, 4) is 0 Å². The summed E-state index contributed by atoms with van der Waals surface area (Å²) >= 11 is 0. The minimum Gasteiger partial charge on any atom is -0.383 e. The number of amides is 2. The van der Waals surface area contributed by atoms with Crippen LogP contribution in [0.2, 0.25) is 0 Å². The zero-order valence-corrected chi connectivity index (χ0v) is 16.1. The van der Waals surface area contributed by atoms with E-state index in [9.17, 15) is 4.79 Å². The molecule has 0 radical (unpaired) electrons. The molecule has 140 valence electrons. The highest BCUT2D eigenvalue weighted by atomic mass is 16.5. The normalized spacial score (nSPS) is 19.4. The van der Waals surface area contributed by atoms with Gasteiger partial charge in [-0.2, -0.15) is 0 Å². The van der Waals surface area contributed by atoms with Gasteiger partial charge < -0.3 is 20.3 Å². The molecule has 1 fully saturated rings. The van der Waals surface area contributed by atoms with Gasteiger partial charge in [0.1, 0.15) is 0 Å². The molecule has 0 aliphatic carbocycles. The number of piperidine rings is 1. The van der Waals surface area contributed by atoms with E-state index >= 15 is 0 Å². The molecule has 0 aromatic carbocycles. The van der Waals surface area contributed by atoms with Gasteiger partial charge in [-0.15, -0.1) is 0 Å². The first-order chi connectivity index (χ1) is 11.7. The standard InChI is InChI=1S/C19H32N4O2/c1-18(2)11-16(12-19(3,4)22-18)21-17(24)23(9-10-25-5)14-15-7-6-8-20-13-15/h6-8,13,16,22H,9-12,14H2,1-5H3,(H,21,24). The Morgan fingerprint density at radius 2 is 2.04 bits per heavy atom. The second kappa shape index (κ2) is 8.15. The SMILES string of the molecule is COCCN(Cc1cccnc1)C(=O)NC1CC(C)(C)NC(C)(C)C1. The van der Waals surface area contributed by atoms with Crippen molar-refractivity contribution in [3.05, 3.63) is 30.1 Å². The lowest BCUT2D eigenvalue weighted by Crippen LogP contribution is -2.63. The summed E-state index contributed by atoms with van der Waals surface area (Å²) in [7, 11) is 1.65. The predicted molar refractivity (Wildman–Crippen MR) is 99.4 cm³/mol. The third kappa shape index (κ3) is 6.29. The van der Waals surface area contributed by atoms with Gasteiger partial charge in [-0.05, 0) is 52.2 Å². The molecule has 2 amide bonds. The first-order valence-corrected chi connectivity index (χ1v) is 8.93. The van der Waals surface area contributed by atoms with Gasteiger partial charge in [0.2, 0.25) is 0 Å². The van der Waals surface area contributed by atoms with Crippen LogP contribution >= 0.6 is 0 Å². The number of hydrogen-bond donors (Lipinski definition) is 2. The highest BCUT2D eigenvalue weighted by molar-refractivity contribution is 5.74. The summed E-state index contributed by atoms with van der Waals surface area (Å²) in [6.45, 7) is 10.3. The molecule has 25 heavy (non-hydrogen) atoms. The Hall–Kier alpha value is -1.66. The Morgan fingerprint density at radius 1 is 1.36 bits per heavy atom. The molecule has 2 heterocycles. The molecule has 1 saturated heterocycles. The molecule has 1 aliphatic rings. The van der Waals surface area contributed by atoms with Crippen LogP contribution in [0.4, 0.5) is 4.79 Å². The van der Waals surface area contributed by atoms with E-state index in [-0.39, 0.29) is 23.2 Å². The van der Waals surface area contributed by atoms with E-state index in [2.05, 4.69) is 43.3 Å². The van der Waals surface area contributed by atoms with Crippen LogP contribution in [0.3, 0.4) is 0 Å². The molecule has 0 spiro atoms. The number of urea groups is 1. The summed E-state index contributed by atoms with van der Waals surface area (Å²) in [5.41, 5.74) is 1.01. The van der Waals surface area contributed by atoms with Crippen LogP contribution in [0.1, 0.15) is 46.1 Å². The van der Waals surface area contributed by atoms with Crippen molar-refractivity contribution in [1.82, 2.24) is 20.5 Å². The minimum atomic E-state index is -0.0422. The molecular formula is C19H32N4O2. The third-order valence-corrected chi connectivity index (χ3v) is 4.47. The quantitative estimate of drug-likeness (QED) is 0.829. The molecule has 0 atom stereocenters. The summed E-state index contributed by atoms with van der Waals surface area (Å²) in [6, 6.07) is 3.98. The van der Waals surface area contributed by atoms with E-state index in [0.29, 0.717) is 19.7 Å². The fraction of sp³-hybridized carbons (Fsp3) is 0.684. The highest BCUT2D eigenvalue weighted by Gasteiger charge is 2.38. The van der Waals surface area contributed by atoms with Crippen molar-refractivity contribution in [2.24, 2.45) is 0 Å². The Balaban J connectivity index is 2.03. The molecule has 2 rings (SSSR count). The molecule has 1 aromatic rings. The number of methoxy groups -OCH3 is 1. The van der Waals surface area contributed by atoms with Crippen LogP contribution in [0.5, 0.6) is 0 Å². The van der Waals surface area contributed by atoms with Crippen LogP contribution in [0.25, 0.3) is 0 Å². The summed E-state index contributed by atoms with van der Waals surface area (Å²) in [5.74, 6) is 0. The number of hydrogen-bond acceptors (Lipinski definition) is 4. The van der Waals surface area contributed by atoms with E-state index in [1.807, 2.05) is 12.1 Å². The molecule has 6 heteroatoms. The lowest BCUT2D eigenvalue weighted by molar-refractivity contribution is 0.126. The Kier molecular flexibility index (Phi) is 6.41. The largest absolute Gasteiger partial charge is 0.383 e. The van der Waals surface area contributed by atoms with Crippen molar-refractivity contribution in [1.29, 1.82) is 0 Å². The lowest BCUT2D eigenvalue weighted by Gasteiger charge is -2.46. The molecular weight excluding hydrogens is 316 g/mol. The summed E-state index contributed by atoms with van der Waals surface area (Å²) in [5, 5.41) is 6.88. The number of aromatic nitrogens is 1. The second-order valence-electron chi connectivity index (χ2n) is 8.22. The Labute approximate surface area is 151 Å². The topological polar surface area (TPSA) is 66.5 Å². The van der Waals surface area contributed by atoms with E-state index in [1.165, 1.54) is 0 Å². The summed E-state index contributed by atoms with van der Waals surface area (Å²) in [6.07, 6.45) is 5.35. The first kappa shape index (κ1) is 19.7. The van der Waals surface area contributed by atoms with Gasteiger partial charge in [-0.3, -0.25) is 4.98 Å². The number of carbonyl (C=O) groups is 1. The number of rotatable bonds is 6. The van der Waals surface area contributed by atoms with Crippen molar-refractivity contribution < 1.29 is 9.53 Å². The third-order valence-electron chi connectivity index (χ3n) is 4.47. The van der Waals surface area contributed by atoms with Crippen LogP contribution < -0.4 is 10.6 Å². The molecule has 0 unspecified atom stereocenters. The van der Waals surface area contributed by atoms with Crippen LogP contribution in [0, 0.1) is 0 Å². The summed E-state index contributed by atoms with van der Waals surface area (Å²) in [4.78, 5) is 18.8. The number of pyridine rings is 1. The van der Waals surface area contributed by atoms with Gasteiger partial charge in [-0.1, -0.05) is 6.07 Å². The number of nitrogens with one attached hydrogen (secondary N) is 2. The highest BCUT2D eigenvalue weighted by Crippen LogP contribution is 2.28. The molecule has 1 aromatic heterocycles. The van der Waals surface area contributed by atoms with Crippen molar-refractivity contribution in [2.75, 3.05) is 20.3 Å².